The van der Waals surface area contributed by atoms with Crippen molar-refractivity contribution in [2.45, 2.75) is 13.1 Å². The molecule has 3 rings (SSSR count). The van der Waals surface area contributed by atoms with Gasteiger partial charge in [-0.1, -0.05) is 18.2 Å². The third-order valence-corrected chi connectivity index (χ3v) is 4.68. The van der Waals surface area contributed by atoms with E-state index in [9.17, 15) is 0 Å². The molecular weight excluding hydrogens is 334 g/mol. The lowest BCUT2D eigenvalue weighted by atomic mass is 10.2. The molecular formula is C15H14BrN3S. The lowest BCUT2D eigenvalue weighted by Crippen LogP contribution is -2.14. The van der Waals surface area contributed by atoms with Crippen molar-refractivity contribution in [1.82, 2.24) is 15.1 Å². The van der Waals surface area contributed by atoms with Gasteiger partial charge in [0, 0.05) is 40.2 Å². The second-order valence-electron chi connectivity index (χ2n) is 4.41. The maximum atomic E-state index is 4.30. The smallest absolute Gasteiger partial charge is 0.0690 e. The number of benzene rings is 1. The van der Waals surface area contributed by atoms with Crippen LogP contribution in [0.1, 0.15) is 10.4 Å². The highest BCUT2D eigenvalue weighted by Crippen LogP contribution is 2.20. The Morgan fingerprint density at radius 2 is 2.10 bits per heavy atom. The molecule has 0 unspecified atom stereocenters. The van der Waals surface area contributed by atoms with E-state index in [0.717, 1.165) is 23.2 Å². The van der Waals surface area contributed by atoms with Crippen LogP contribution in [-0.2, 0) is 13.1 Å². The van der Waals surface area contributed by atoms with Crippen LogP contribution in [0.4, 0.5) is 0 Å². The Balaban J connectivity index is 1.68. The standard InChI is InChI=1S/C15H14BrN3S/c16-13-8-14(20-11-13)10-17-9-12-4-1-2-5-15(12)19-7-3-6-18-19/h1-8,11,17H,9-10H2. The maximum absolute atomic E-state index is 4.30. The van der Waals surface area contributed by atoms with Crippen molar-refractivity contribution in [3.05, 3.63) is 69.1 Å². The zero-order valence-corrected chi connectivity index (χ0v) is 13.2. The average molecular weight is 348 g/mol. The highest BCUT2D eigenvalue weighted by Gasteiger charge is 2.04. The van der Waals surface area contributed by atoms with Crippen molar-refractivity contribution >= 4 is 27.3 Å². The fraction of sp³-hybridized carbons (Fsp3) is 0.133. The first kappa shape index (κ1) is 13.5. The molecule has 0 aliphatic heterocycles. The van der Waals surface area contributed by atoms with Crippen molar-refractivity contribution in [3.63, 3.8) is 0 Å². The molecule has 5 heteroatoms. The first-order chi connectivity index (χ1) is 9.83. The van der Waals surface area contributed by atoms with Crippen LogP contribution < -0.4 is 5.32 Å². The molecule has 0 bridgehead atoms. The molecule has 0 aliphatic carbocycles. The van der Waals surface area contributed by atoms with E-state index in [1.165, 1.54) is 10.4 Å². The summed E-state index contributed by atoms with van der Waals surface area (Å²) in [5.74, 6) is 0. The highest BCUT2D eigenvalue weighted by atomic mass is 79.9. The number of nitrogens with one attached hydrogen (secondary N) is 1. The monoisotopic (exact) mass is 347 g/mol. The van der Waals surface area contributed by atoms with Gasteiger partial charge in [0.2, 0.25) is 0 Å². The number of para-hydroxylation sites is 1. The topological polar surface area (TPSA) is 29.9 Å². The third kappa shape index (κ3) is 3.17. The molecule has 0 amide bonds. The Hall–Kier alpha value is -1.43. The minimum absolute atomic E-state index is 0.825. The fourth-order valence-corrected chi connectivity index (χ4v) is 3.48. The van der Waals surface area contributed by atoms with Gasteiger partial charge in [0.05, 0.1) is 5.69 Å². The summed E-state index contributed by atoms with van der Waals surface area (Å²) in [6, 6.07) is 12.4. The van der Waals surface area contributed by atoms with E-state index in [1.54, 1.807) is 17.5 Å². The van der Waals surface area contributed by atoms with Crippen LogP contribution >= 0.6 is 27.3 Å². The van der Waals surface area contributed by atoms with E-state index >= 15 is 0 Å². The summed E-state index contributed by atoms with van der Waals surface area (Å²) < 4.78 is 3.05. The molecule has 20 heavy (non-hydrogen) atoms. The number of hydrogen-bond donors (Lipinski definition) is 1. The second-order valence-corrected chi connectivity index (χ2v) is 6.33. The lowest BCUT2D eigenvalue weighted by molar-refractivity contribution is 0.693. The Kier molecular flexibility index (Phi) is 4.30. The lowest BCUT2D eigenvalue weighted by Gasteiger charge is -2.10. The van der Waals surface area contributed by atoms with Gasteiger partial charge in [0.1, 0.15) is 0 Å². The minimum atomic E-state index is 0.825. The van der Waals surface area contributed by atoms with Crippen LogP contribution in [0.2, 0.25) is 0 Å². The van der Waals surface area contributed by atoms with Crippen LogP contribution in [0.15, 0.2) is 58.6 Å². The van der Waals surface area contributed by atoms with Crippen molar-refractivity contribution < 1.29 is 0 Å². The molecule has 0 fully saturated rings. The molecule has 0 spiro atoms. The zero-order chi connectivity index (χ0) is 13.8. The summed E-state index contributed by atoms with van der Waals surface area (Å²) in [4.78, 5) is 1.33. The number of thiophene rings is 1. The normalized spacial score (nSPS) is 10.8. The predicted octanol–water partition coefficient (Wildman–Crippen LogP) is 3.99. The van der Waals surface area contributed by atoms with Gasteiger partial charge in [-0.3, -0.25) is 0 Å². The van der Waals surface area contributed by atoms with Gasteiger partial charge in [-0.2, -0.15) is 5.10 Å². The number of nitrogens with zero attached hydrogens (tertiary/aromatic N) is 2. The number of halogens is 1. The largest absolute Gasteiger partial charge is 0.308 e. The molecule has 1 N–H and O–H groups in total. The van der Waals surface area contributed by atoms with Crippen molar-refractivity contribution in [1.29, 1.82) is 0 Å². The maximum Gasteiger partial charge on any atom is 0.0690 e. The summed E-state index contributed by atoms with van der Waals surface area (Å²) in [6.07, 6.45) is 3.77. The quantitative estimate of drug-likeness (QED) is 0.756. The molecule has 1 aromatic carbocycles. The minimum Gasteiger partial charge on any atom is -0.308 e. The van der Waals surface area contributed by atoms with Crippen LogP contribution in [0.5, 0.6) is 0 Å². The summed E-state index contributed by atoms with van der Waals surface area (Å²) >= 11 is 5.24. The first-order valence-corrected chi connectivity index (χ1v) is 8.02. The van der Waals surface area contributed by atoms with E-state index in [-0.39, 0.29) is 0 Å². The van der Waals surface area contributed by atoms with Crippen LogP contribution in [-0.4, -0.2) is 9.78 Å². The third-order valence-electron chi connectivity index (χ3n) is 2.98. The predicted molar refractivity (Wildman–Crippen MR) is 86.1 cm³/mol. The van der Waals surface area contributed by atoms with Crippen molar-refractivity contribution in [3.8, 4) is 5.69 Å². The highest BCUT2D eigenvalue weighted by molar-refractivity contribution is 9.10. The van der Waals surface area contributed by atoms with Crippen LogP contribution in [0.3, 0.4) is 0 Å². The molecule has 0 saturated heterocycles. The summed E-state index contributed by atoms with van der Waals surface area (Å²) in [7, 11) is 0. The van der Waals surface area contributed by atoms with E-state index in [2.05, 4.69) is 56.0 Å². The first-order valence-electron chi connectivity index (χ1n) is 6.34. The van der Waals surface area contributed by atoms with Gasteiger partial charge in [0.25, 0.3) is 0 Å². The van der Waals surface area contributed by atoms with Gasteiger partial charge in [0.15, 0.2) is 0 Å². The van der Waals surface area contributed by atoms with Crippen LogP contribution in [0.25, 0.3) is 5.69 Å². The molecule has 3 aromatic rings. The van der Waals surface area contributed by atoms with Gasteiger partial charge in [-0.05, 0) is 39.7 Å². The van der Waals surface area contributed by atoms with Crippen molar-refractivity contribution in [2.75, 3.05) is 0 Å². The van der Waals surface area contributed by atoms with E-state index in [0.29, 0.717) is 0 Å². The van der Waals surface area contributed by atoms with Gasteiger partial charge in [-0.25, -0.2) is 4.68 Å². The molecule has 2 heterocycles. The molecule has 0 atom stereocenters. The molecule has 0 saturated carbocycles. The molecule has 3 nitrogen and oxygen atoms in total. The Morgan fingerprint density at radius 1 is 1.20 bits per heavy atom. The fourth-order valence-electron chi connectivity index (χ4n) is 2.06. The molecule has 102 valence electrons. The summed E-state index contributed by atoms with van der Waals surface area (Å²) in [6.45, 7) is 1.70. The Labute approximate surface area is 130 Å². The zero-order valence-electron chi connectivity index (χ0n) is 10.8. The molecule has 0 radical (unpaired) electrons. The van der Waals surface area contributed by atoms with Gasteiger partial charge < -0.3 is 5.32 Å². The summed E-state index contributed by atoms with van der Waals surface area (Å²) in [5.41, 5.74) is 2.36. The number of aromatic nitrogens is 2. The Bertz CT molecular complexity index is 676. The van der Waals surface area contributed by atoms with E-state index < -0.39 is 0 Å². The van der Waals surface area contributed by atoms with Crippen LogP contribution in [0, 0.1) is 0 Å². The summed E-state index contributed by atoms with van der Waals surface area (Å²) in [5, 5.41) is 9.89. The molecule has 0 aliphatic rings. The Morgan fingerprint density at radius 3 is 2.85 bits per heavy atom. The van der Waals surface area contributed by atoms with Crippen molar-refractivity contribution in [2.24, 2.45) is 0 Å². The molecule has 2 aromatic heterocycles. The number of hydrogen-bond acceptors (Lipinski definition) is 3. The van der Waals surface area contributed by atoms with Gasteiger partial charge >= 0.3 is 0 Å². The van der Waals surface area contributed by atoms with Gasteiger partial charge in [-0.15, -0.1) is 11.3 Å². The van der Waals surface area contributed by atoms with E-state index in [1.807, 2.05) is 23.0 Å². The number of rotatable bonds is 5. The van der Waals surface area contributed by atoms with E-state index in [4.69, 9.17) is 0 Å². The SMILES string of the molecule is Brc1csc(CNCc2ccccc2-n2cccn2)c1. The second kappa shape index (κ2) is 6.35. The average Bonchev–Trinajstić information content (AvgIpc) is 3.11.